The molecule has 4 atom stereocenters. The van der Waals surface area contributed by atoms with Crippen molar-refractivity contribution in [2.24, 2.45) is 0 Å². The van der Waals surface area contributed by atoms with E-state index < -0.39 is 47.0 Å². The van der Waals surface area contributed by atoms with E-state index in [1.165, 1.54) is 16.8 Å². The number of H-pyrrole nitrogens is 1. The molecule has 1 fully saturated rings. The first-order valence-corrected chi connectivity index (χ1v) is 18.3. The molecule has 0 amide bonds. The second kappa shape index (κ2) is 15.7. The highest BCUT2D eigenvalue weighted by atomic mass is 16.6. The van der Waals surface area contributed by atoms with Gasteiger partial charge in [0.25, 0.3) is 5.56 Å². The van der Waals surface area contributed by atoms with Crippen LogP contribution in [0.1, 0.15) is 39.6 Å². The maximum Gasteiger partial charge on any atom is 0.330 e. The lowest BCUT2D eigenvalue weighted by Crippen LogP contribution is -2.46. The lowest BCUT2D eigenvalue weighted by atomic mass is 9.79. The number of nitrogens with one attached hydrogen (secondary N) is 1. The van der Waals surface area contributed by atoms with Crippen LogP contribution in [0.25, 0.3) is 0 Å². The summed E-state index contributed by atoms with van der Waals surface area (Å²) >= 11 is 0. The van der Waals surface area contributed by atoms with Crippen LogP contribution in [0, 0.1) is 0 Å². The standard InChI is InChI=1S/C47H40N2O6/c50-41-31-32-49(45(52)48-41)44-43(55-47(37-25-13-4-14-26-37,38-27-15-5-16-28-38)39-29-17-6-18-30-39)42(51)40(54-44)33-53-46(34-19-7-1-8-20-34,35-21-9-2-10-22-35)36-23-11-3-12-24-36/h1-32,40,42-44,51H,33H2,(H,48,50,52)/t40-,42+,43+,44-/m1/s1. The van der Waals surface area contributed by atoms with E-state index in [1.54, 1.807) is 0 Å². The summed E-state index contributed by atoms with van der Waals surface area (Å²) < 4.78 is 22.4. The molecule has 0 unspecified atom stereocenters. The number of rotatable bonds is 12. The average Bonchev–Trinajstić information content (AvgIpc) is 3.55. The largest absolute Gasteiger partial charge is 0.387 e. The van der Waals surface area contributed by atoms with Gasteiger partial charge in [0, 0.05) is 12.3 Å². The predicted octanol–water partition coefficient (Wildman–Crippen LogP) is 7.18. The number of benzene rings is 6. The van der Waals surface area contributed by atoms with Crippen LogP contribution in [0.5, 0.6) is 0 Å². The van der Waals surface area contributed by atoms with Gasteiger partial charge >= 0.3 is 5.69 Å². The molecule has 1 aliphatic rings. The third kappa shape index (κ3) is 6.77. The van der Waals surface area contributed by atoms with Gasteiger partial charge in [-0.1, -0.05) is 182 Å². The fourth-order valence-electron chi connectivity index (χ4n) is 7.74. The van der Waals surface area contributed by atoms with Crippen molar-refractivity contribution in [3.63, 3.8) is 0 Å². The highest BCUT2D eigenvalue weighted by Gasteiger charge is 2.52. The zero-order valence-electron chi connectivity index (χ0n) is 29.9. The van der Waals surface area contributed by atoms with Gasteiger partial charge in [-0.05, 0) is 33.4 Å². The summed E-state index contributed by atoms with van der Waals surface area (Å²) in [5.74, 6) is 0. The topological polar surface area (TPSA) is 103 Å². The minimum atomic E-state index is -1.31. The first-order chi connectivity index (χ1) is 27.0. The van der Waals surface area contributed by atoms with Crippen LogP contribution in [0.2, 0.25) is 0 Å². The molecule has 1 aliphatic heterocycles. The van der Waals surface area contributed by atoms with Crippen molar-refractivity contribution in [3.8, 4) is 0 Å². The molecule has 8 rings (SSSR count). The molecule has 1 saturated heterocycles. The SMILES string of the molecule is O=c1ccn([C@@H]2O[C@H](COC(c3ccccc3)(c3ccccc3)c3ccccc3)[C@H](O)[C@@H]2OC(c2ccccc2)(c2ccccc2)c2ccccc2)c(=O)[nH]1. The summed E-state index contributed by atoms with van der Waals surface area (Å²) in [4.78, 5) is 28.1. The third-order valence-corrected chi connectivity index (χ3v) is 10.3. The lowest BCUT2D eigenvalue weighted by Gasteiger charge is -2.40. The van der Waals surface area contributed by atoms with Crippen molar-refractivity contribution in [3.05, 3.63) is 248 Å². The second-order valence-corrected chi connectivity index (χ2v) is 13.5. The van der Waals surface area contributed by atoms with Gasteiger partial charge in [0.05, 0.1) is 6.61 Å². The van der Waals surface area contributed by atoms with Gasteiger partial charge in [0.2, 0.25) is 0 Å². The Kier molecular flexibility index (Phi) is 10.2. The van der Waals surface area contributed by atoms with Crippen molar-refractivity contribution < 1.29 is 19.3 Å². The molecule has 274 valence electrons. The summed E-state index contributed by atoms with van der Waals surface area (Å²) in [6.07, 6.45) is -3.22. The van der Waals surface area contributed by atoms with Crippen LogP contribution in [0.3, 0.4) is 0 Å². The fourth-order valence-corrected chi connectivity index (χ4v) is 7.74. The van der Waals surface area contributed by atoms with E-state index in [4.69, 9.17) is 14.2 Å². The molecule has 0 radical (unpaired) electrons. The predicted molar refractivity (Wildman–Crippen MR) is 210 cm³/mol. The van der Waals surface area contributed by atoms with Crippen molar-refractivity contribution in [1.29, 1.82) is 0 Å². The Hall–Kier alpha value is -6.16. The molecule has 0 saturated carbocycles. The Labute approximate surface area is 318 Å². The number of aliphatic hydroxyl groups is 1. The molecule has 0 spiro atoms. The molecular weight excluding hydrogens is 689 g/mol. The Bertz CT molecular complexity index is 2210. The summed E-state index contributed by atoms with van der Waals surface area (Å²) in [6, 6.07) is 60.5. The van der Waals surface area contributed by atoms with E-state index in [0.717, 1.165) is 33.4 Å². The number of hydrogen-bond acceptors (Lipinski definition) is 6. The Morgan fingerprint density at radius 3 is 1.27 bits per heavy atom. The lowest BCUT2D eigenvalue weighted by molar-refractivity contribution is -0.125. The molecule has 6 aromatic carbocycles. The van der Waals surface area contributed by atoms with Gasteiger partial charge in [0.15, 0.2) is 6.23 Å². The third-order valence-electron chi connectivity index (χ3n) is 10.3. The number of ether oxygens (including phenoxy) is 3. The maximum absolute atomic E-state index is 13.5. The summed E-state index contributed by atoms with van der Waals surface area (Å²) in [5, 5.41) is 12.5. The van der Waals surface area contributed by atoms with Gasteiger partial charge in [0.1, 0.15) is 29.5 Å². The zero-order chi connectivity index (χ0) is 37.7. The molecule has 2 N–H and O–H groups in total. The van der Waals surface area contributed by atoms with Crippen molar-refractivity contribution in [2.45, 2.75) is 35.7 Å². The van der Waals surface area contributed by atoms with Gasteiger partial charge in [-0.25, -0.2) is 4.79 Å². The first-order valence-electron chi connectivity index (χ1n) is 18.3. The van der Waals surface area contributed by atoms with Crippen molar-refractivity contribution >= 4 is 0 Å². The number of aromatic nitrogens is 2. The minimum Gasteiger partial charge on any atom is -0.387 e. The average molecular weight is 729 g/mol. The molecule has 55 heavy (non-hydrogen) atoms. The molecule has 7 aromatic rings. The van der Waals surface area contributed by atoms with E-state index in [2.05, 4.69) is 4.98 Å². The number of nitrogens with zero attached hydrogens (tertiary/aromatic N) is 1. The highest BCUT2D eigenvalue weighted by molar-refractivity contribution is 5.49. The van der Waals surface area contributed by atoms with Crippen LogP contribution in [-0.2, 0) is 25.4 Å². The number of aliphatic hydroxyl groups excluding tert-OH is 1. The first kappa shape index (κ1) is 35.8. The van der Waals surface area contributed by atoms with Gasteiger partial charge in [-0.2, -0.15) is 0 Å². The molecular formula is C47H40N2O6. The number of hydrogen-bond donors (Lipinski definition) is 2. The van der Waals surface area contributed by atoms with Crippen molar-refractivity contribution in [2.75, 3.05) is 6.61 Å². The maximum atomic E-state index is 13.5. The summed E-state index contributed by atoms with van der Waals surface area (Å²) in [5.41, 5.74) is 1.47. The zero-order valence-corrected chi connectivity index (χ0v) is 29.9. The summed E-state index contributed by atoms with van der Waals surface area (Å²) in [6.45, 7) is -0.0939. The van der Waals surface area contributed by atoms with Crippen LogP contribution in [0.4, 0.5) is 0 Å². The van der Waals surface area contributed by atoms with Gasteiger partial charge < -0.3 is 19.3 Å². The fraction of sp³-hybridized carbons (Fsp3) is 0.149. The van der Waals surface area contributed by atoms with Crippen LogP contribution >= 0.6 is 0 Å². The molecule has 0 bridgehead atoms. The van der Waals surface area contributed by atoms with Crippen LogP contribution in [-0.4, -0.2) is 39.6 Å². The molecule has 8 nitrogen and oxygen atoms in total. The van der Waals surface area contributed by atoms with E-state index in [-0.39, 0.29) is 6.61 Å². The minimum absolute atomic E-state index is 0.0939. The quantitative estimate of drug-likeness (QED) is 0.129. The van der Waals surface area contributed by atoms with Gasteiger partial charge in [-0.15, -0.1) is 0 Å². The molecule has 8 heteroatoms. The van der Waals surface area contributed by atoms with Gasteiger partial charge in [-0.3, -0.25) is 14.3 Å². The van der Waals surface area contributed by atoms with E-state index >= 15 is 0 Å². The molecule has 2 heterocycles. The van der Waals surface area contributed by atoms with E-state index in [9.17, 15) is 14.7 Å². The Morgan fingerprint density at radius 1 is 0.545 bits per heavy atom. The Balaban J connectivity index is 1.26. The second-order valence-electron chi connectivity index (χ2n) is 13.5. The smallest absolute Gasteiger partial charge is 0.330 e. The monoisotopic (exact) mass is 728 g/mol. The van der Waals surface area contributed by atoms with Crippen LogP contribution < -0.4 is 11.2 Å². The van der Waals surface area contributed by atoms with Crippen LogP contribution in [0.15, 0.2) is 204 Å². The Morgan fingerprint density at radius 2 is 0.909 bits per heavy atom. The van der Waals surface area contributed by atoms with E-state index in [0.29, 0.717) is 0 Å². The van der Waals surface area contributed by atoms with Crippen molar-refractivity contribution in [1.82, 2.24) is 9.55 Å². The molecule has 1 aromatic heterocycles. The van der Waals surface area contributed by atoms with E-state index in [1.807, 2.05) is 182 Å². The molecule has 0 aliphatic carbocycles. The number of aromatic amines is 1. The highest BCUT2D eigenvalue weighted by Crippen LogP contribution is 2.46. The summed E-state index contributed by atoms with van der Waals surface area (Å²) in [7, 11) is 0. The normalized spacial score (nSPS) is 18.6.